The van der Waals surface area contributed by atoms with Crippen LogP contribution >= 0.6 is 0 Å². The minimum Gasteiger partial charge on any atom is -0.507 e. The van der Waals surface area contributed by atoms with E-state index in [4.69, 9.17) is 9.31 Å². The van der Waals surface area contributed by atoms with Gasteiger partial charge in [-0.25, -0.2) is 0 Å². The van der Waals surface area contributed by atoms with Gasteiger partial charge < -0.3 is 19.7 Å². The maximum atomic E-state index is 12.0. The SMILES string of the molecule is CCC(=O)c1cc(C=C(CNC(C)=O)B2OC(C)(C)C(C)(C)O2)ccc1O. The number of amides is 1. The highest BCUT2D eigenvalue weighted by atomic mass is 16.7. The third kappa shape index (κ3) is 4.79. The fourth-order valence-corrected chi connectivity index (χ4v) is 2.69. The van der Waals surface area contributed by atoms with Gasteiger partial charge in [-0.15, -0.1) is 0 Å². The summed E-state index contributed by atoms with van der Waals surface area (Å²) in [5.74, 6) is -0.343. The molecule has 0 spiro atoms. The standard InChI is InChI=1S/C20H28BNO5/c1-7-17(24)16-11-14(8-9-18(16)25)10-15(12-22-13(2)23)21-26-19(3,4)20(5,6)27-21/h8-11,25H,7,12H2,1-6H3,(H,22,23). The van der Waals surface area contributed by atoms with Gasteiger partial charge in [0.25, 0.3) is 0 Å². The molecule has 7 heteroatoms. The molecule has 1 amide bonds. The molecule has 1 fully saturated rings. The summed E-state index contributed by atoms with van der Waals surface area (Å²) in [4.78, 5) is 23.4. The van der Waals surface area contributed by atoms with Crippen LogP contribution in [0.2, 0.25) is 0 Å². The lowest BCUT2D eigenvalue weighted by Gasteiger charge is -2.32. The highest BCUT2D eigenvalue weighted by Crippen LogP contribution is 2.38. The molecular weight excluding hydrogens is 345 g/mol. The Morgan fingerprint density at radius 2 is 1.78 bits per heavy atom. The van der Waals surface area contributed by atoms with Crippen molar-refractivity contribution in [3.63, 3.8) is 0 Å². The molecule has 0 bridgehead atoms. The maximum absolute atomic E-state index is 12.0. The van der Waals surface area contributed by atoms with Gasteiger partial charge in [-0.05, 0) is 50.9 Å². The number of phenolic OH excluding ortho intramolecular Hbond substituents is 1. The molecule has 0 radical (unpaired) electrons. The average molecular weight is 373 g/mol. The van der Waals surface area contributed by atoms with Crippen LogP contribution in [-0.2, 0) is 14.1 Å². The molecule has 1 heterocycles. The largest absolute Gasteiger partial charge is 0.507 e. The molecule has 6 nitrogen and oxygen atoms in total. The minimum atomic E-state index is -0.624. The summed E-state index contributed by atoms with van der Waals surface area (Å²) in [5, 5.41) is 12.7. The molecule has 0 saturated carbocycles. The summed E-state index contributed by atoms with van der Waals surface area (Å²) in [5.41, 5.74) is 0.708. The summed E-state index contributed by atoms with van der Waals surface area (Å²) < 4.78 is 12.2. The highest BCUT2D eigenvalue weighted by molar-refractivity contribution is 6.56. The van der Waals surface area contributed by atoms with Crippen molar-refractivity contribution in [1.29, 1.82) is 0 Å². The van der Waals surface area contributed by atoms with Crippen molar-refractivity contribution < 1.29 is 24.0 Å². The van der Waals surface area contributed by atoms with Crippen molar-refractivity contribution in [3.05, 3.63) is 34.8 Å². The Hall–Kier alpha value is -2.12. The van der Waals surface area contributed by atoms with Crippen LogP contribution < -0.4 is 5.32 Å². The summed E-state index contributed by atoms with van der Waals surface area (Å²) in [6, 6.07) is 4.84. The van der Waals surface area contributed by atoms with Crippen LogP contribution in [0.5, 0.6) is 5.75 Å². The lowest BCUT2D eigenvalue weighted by Crippen LogP contribution is -2.41. The predicted octanol–water partition coefficient (Wildman–Crippen LogP) is 3.14. The van der Waals surface area contributed by atoms with Crippen LogP contribution in [-0.4, -0.2) is 41.7 Å². The summed E-state index contributed by atoms with van der Waals surface area (Å²) in [6.45, 7) is 11.3. The number of nitrogens with one attached hydrogen (secondary N) is 1. The molecule has 1 aliphatic rings. The number of hydrogen-bond donors (Lipinski definition) is 2. The van der Waals surface area contributed by atoms with Crippen molar-refractivity contribution in [2.75, 3.05) is 6.54 Å². The highest BCUT2D eigenvalue weighted by Gasteiger charge is 2.52. The molecule has 2 N–H and O–H groups in total. The fourth-order valence-electron chi connectivity index (χ4n) is 2.69. The molecule has 0 atom stereocenters. The molecule has 1 saturated heterocycles. The molecule has 2 rings (SSSR count). The summed E-state index contributed by atoms with van der Waals surface area (Å²) in [7, 11) is -0.624. The van der Waals surface area contributed by atoms with Gasteiger partial charge in [0, 0.05) is 19.9 Å². The van der Waals surface area contributed by atoms with Crippen LogP contribution in [0.1, 0.15) is 63.9 Å². The number of Topliss-reactive ketones (excluding diaryl/α,β-unsaturated/α-hetero) is 1. The van der Waals surface area contributed by atoms with E-state index in [1.807, 2.05) is 33.8 Å². The molecular formula is C20H28BNO5. The van der Waals surface area contributed by atoms with E-state index < -0.39 is 18.3 Å². The first-order valence-electron chi connectivity index (χ1n) is 9.13. The second kappa shape index (κ2) is 7.86. The van der Waals surface area contributed by atoms with Gasteiger partial charge in [0.05, 0.1) is 16.8 Å². The Kier molecular flexibility index (Phi) is 6.17. The van der Waals surface area contributed by atoms with Gasteiger partial charge in [-0.1, -0.05) is 19.1 Å². The Morgan fingerprint density at radius 1 is 1.19 bits per heavy atom. The predicted molar refractivity (Wildman–Crippen MR) is 105 cm³/mol. The van der Waals surface area contributed by atoms with Gasteiger partial charge >= 0.3 is 7.12 Å². The molecule has 1 aliphatic heterocycles. The Balaban J connectivity index is 2.40. The number of aromatic hydroxyl groups is 1. The minimum absolute atomic E-state index is 0.0435. The number of carbonyl (C=O) groups is 2. The average Bonchev–Trinajstić information content (AvgIpc) is 2.79. The number of phenols is 1. The van der Waals surface area contributed by atoms with Gasteiger partial charge in [0.2, 0.25) is 5.91 Å². The maximum Gasteiger partial charge on any atom is 0.492 e. The van der Waals surface area contributed by atoms with Crippen molar-refractivity contribution in [1.82, 2.24) is 5.32 Å². The van der Waals surface area contributed by atoms with Gasteiger partial charge in [-0.3, -0.25) is 9.59 Å². The van der Waals surface area contributed by atoms with E-state index >= 15 is 0 Å². The normalized spacial score (nSPS) is 18.4. The third-order valence-electron chi connectivity index (χ3n) is 5.09. The van der Waals surface area contributed by atoms with Crippen LogP contribution in [0, 0.1) is 0 Å². The van der Waals surface area contributed by atoms with Gasteiger partial charge in [-0.2, -0.15) is 0 Å². The first kappa shape index (κ1) is 21.2. The Morgan fingerprint density at radius 3 is 2.30 bits per heavy atom. The van der Waals surface area contributed by atoms with Crippen LogP contribution in [0.4, 0.5) is 0 Å². The molecule has 0 unspecified atom stereocenters. The smallest absolute Gasteiger partial charge is 0.492 e. The number of hydrogen-bond acceptors (Lipinski definition) is 5. The molecule has 1 aromatic rings. The van der Waals surface area contributed by atoms with E-state index in [2.05, 4.69) is 5.32 Å². The topological polar surface area (TPSA) is 84.9 Å². The van der Waals surface area contributed by atoms with E-state index in [9.17, 15) is 14.7 Å². The van der Waals surface area contributed by atoms with E-state index in [1.165, 1.54) is 13.0 Å². The monoisotopic (exact) mass is 373 g/mol. The van der Waals surface area contributed by atoms with E-state index in [1.54, 1.807) is 19.1 Å². The zero-order valence-electron chi connectivity index (χ0n) is 16.9. The van der Waals surface area contributed by atoms with Crippen molar-refractivity contribution in [2.45, 2.75) is 59.2 Å². The fraction of sp³-hybridized carbons (Fsp3) is 0.500. The van der Waals surface area contributed by atoms with Crippen molar-refractivity contribution >= 4 is 24.9 Å². The Labute approximate surface area is 161 Å². The van der Waals surface area contributed by atoms with E-state index in [-0.39, 0.29) is 29.5 Å². The molecule has 27 heavy (non-hydrogen) atoms. The molecule has 0 aliphatic carbocycles. The van der Waals surface area contributed by atoms with Crippen LogP contribution in [0.15, 0.2) is 23.7 Å². The second-order valence-electron chi connectivity index (χ2n) is 7.77. The Bertz CT molecular complexity index is 754. The zero-order chi connectivity index (χ0) is 20.4. The first-order chi connectivity index (χ1) is 12.5. The first-order valence-corrected chi connectivity index (χ1v) is 9.13. The van der Waals surface area contributed by atoms with E-state index in [0.717, 1.165) is 11.0 Å². The number of benzene rings is 1. The van der Waals surface area contributed by atoms with Gasteiger partial charge in [0.15, 0.2) is 5.78 Å². The third-order valence-corrected chi connectivity index (χ3v) is 5.09. The lowest BCUT2D eigenvalue weighted by molar-refractivity contribution is -0.118. The summed E-state index contributed by atoms with van der Waals surface area (Å²) >= 11 is 0. The molecule has 1 aromatic carbocycles. The van der Waals surface area contributed by atoms with Crippen LogP contribution in [0.3, 0.4) is 0 Å². The molecule has 0 aromatic heterocycles. The lowest BCUT2D eigenvalue weighted by atomic mass is 9.76. The summed E-state index contributed by atoms with van der Waals surface area (Å²) in [6.07, 6.45) is 2.13. The molecule has 146 valence electrons. The van der Waals surface area contributed by atoms with Crippen molar-refractivity contribution in [2.24, 2.45) is 0 Å². The van der Waals surface area contributed by atoms with Crippen molar-refractivity contribution in [3.8, 4) is 5.75 Å². The number of carbonyl (C=O) groups excluding carboxylic acids is 2. The number of rotatable bonds is 6. The second-order valence-corrected chi connectivity index (χ2v) is 7.77. The quantitative estimate of drug-likeness (QED) is 0.591. The van der Waals surface area contributed by atoms with E-state index in [0.29, 0.717) is 6.42 Å². The number of ketones is 1. The van der Waals surface area contributed by atoms with Crippen LogP contribution in [0.25, 0.3) is 6.08 Å². The van der Waals surface area contributed by atoms with Gasteiger partial charge in [0.1, 0.15) is 5.75 Å². The zero-order valence-corrected chi connectivity index (χ0v) is 16.9.